The largest absolute Gasteiger partial charge is 0.245 e. The first kappa shape index (κ1) is 7.95. The molecule has 0 N–H and O–H groups in total. The molecule has 0 fully saturated rings. The third kappa shape index (κ3) is 1.30. The van der Waals surface area contributed by atoms with Crippen molar-refractivity contribution in [1.82, 2.24) is 4.98 Å². The molecule has 0 amide bonds. The lowest BCUT2D eigenvalue weighted by atomic mass is 10.3. The summed E-state index contributed by atoms with van der Waals surface area (Å²) in [5.41, 5.74) is 0.420. The molecule has 1 rings (SSSR count). The van der Waals surface area contributed by atoms with Gasteiger partial charge < -0.3 is 0 Å². The first-order valence-electron chi connectivity index (χ1n) is 2.59. The molecule has 0 atom stereocenters. The minimum atomic E-state index is -0.396. The van der Waals surface area contributed by atoms with E-state index >= 15 is 0 Å². The zero-order valence-electron chi connectivity index (χ0n) is 5.16. The van der Waals surface area contributed by atoms with Gasteiger partial charge in [0.2, 0.25) is 0 Å². The van der Waals surface area contributed by atoms with Crippen LogP contribution in [-0.4, -0.2) is 4.98 Å². The van der Waals surface area contributed by atoms with Crippen LogP contribution in [0.2, 0.25) is 5.02 Å². The van der Waals surface area contributed by atoms with Gasteiger partial charge in [-0.05, 0) is 22.9 Å². The van der Waals surface area contributed by atoms with Gasteiger partial charge in [-0.3, -0.25) is 0 Å². The molecule has 0 saturated carbocycles. The number of aromatic nitrogens is 1. The van der Waals surface area contributed by atoms with E-state index < -0.39 is 5.82 Å². The van der Waals surface area contributed by atoms with Gasteiger partial charge in [0, 0.05) is 11.8 Å². The van der Waals surface area contributed by atoms with Gasteiger partial charge >= 0.3 is 0 Å². The number of hydrogen-bond donors (Lipinski definition) is 0. The van der Waals surface area contributed by atoms with Crippen molar-refractivity contribution in [3.05, 3.63) is 27.2 Å². The molecule has 54 valence electrons. The Morgan fingerprint density at radius 1 is 1.70 bits per heavy atom. The lowest BCUT2D eigenvalue weighted by Gasteiger charge is -1.98. The van der Waals surface area contributed by atoms with E-state index in [1.807, 2.05) is 0 Å². The predicted molar refractivity (Wildman–Crippen MR) is 41.6 cm³/mol. The summed E-state index contributed by atoms with van der Waals surface area (Å²) in [5, 5.41) is 0.348. The summed E-state index contributed by atoms with van der Waals surface area (Å²) in [5.74, 6) is -0.396. The van der Waals surface area contributed by atoms with Gasteiger partial charge in [-0.1, -0.05) is 11.6 Å². The van der Waals surface area contributed by atoms with E-state index in [2.05, 4.69) is 20.9 Å². The Bertz CT molecular complexity index is 237. The van der Waals surface area contributed by atoms with Crippen LogP contribution in [0.4, 0.5) is 4.39 Å². The maximum absolute atomic E-state index is 12.8. The highest BCUT2D eigenvalue weighted by Gasteiger charge is 2.06. The molecule has 0 aliphatic heterocycles. The van der Waals surface area contributed by atoms with Crippen molar-refractivity contribution in [3.8, 4) is 0 Å². The zero-order chi connectivity index (χ0) is 7.72. The van der Waals surface area contributed by atoms with Crippen molar-refractivity contribution in [2.75, 3.05) is 0 Å². The first-order chi connectivity index (χ1) is 4.63. The third-order valence-corrected chi connectivity index (χ3v) is 2.09. The molecule has 10 heavy (non-hydrogen) atoms. The van der Waals surface area contributed by atoms with E-state index in [1.54, 1.807) is 6.92 Å². The highest BCUT2D eigenvalue weighted by Crippen LogP contribution is 2.21. The molecule has 0 aromatic carbocycles. The molecule has 0 saturated heterocycles. The van der Waals surface area contributed by atoms with E-state index in [9.17, 15) is 4.39 Å². The van der Waals surface area contributed by atoms with Crippen LogP contribution >= 0.6 is 27.5 Å². The van der Waals surface area contributed by atoms with Crippen molar-refractivity contribution in [3.63, 3.8) is 0 Å². The topological polar surface area (TPSA) is 12.9 Å². The maximum atomic E-state index is 12.8. The Labute approximate surface area is 71.4 Å². The number of halogens is 3. The first-order valence-corrected chi connectivity index (χ1v) is 3.76. The highest BCUT2D eigenvalue weighted by molar-refractivity contribution is 9.10. The molecule has 0 aliphatic carbocycles. The summed E-state index contributed by atoms with van der Waals surface area (Å²) in [7, 11) is 0. The molecule has 0 unspecified atom stereocenters. The number of pyridine rings is 1. The van der Waals surface area contributed by atoms with Crippen LogP contribution < -0.4 is 0 Å². The Morgan fingerprint density at radius 3 is 2.80 bits per heavy atom. The minimum Gasteiger partial charge on any atom is -0.245 e. The van der Waals surface area contributed by atoms with Gasteiger partial charge in [0.15, 0.2) is 5.82 Å². The SMILES string of the molecule is Cc1c(Cl)cnc(Br)c1F. The van der Waals surface area contributed by atoms with Crippen LogP contribution in [0.25, 0.3) is 0 Å². The van der Waals surface area contributed by atoms with Gasteiger partial charge in [-0.25, -0.2) is 9.37 Å². The second kappa shape index (κ2) is 2.84. The summed E-state index contributed by atoms with van der Waals surface area (Å²) >= 11 is 8.50. The molecule has 1 heterocycles. The van der Waals surface area contributed by atoms with Gasteiger partial charge in [-0.15, -0.1) is 0 Å². The lowest BCUT2D eigenvalue weighted by Crippen LogP contribution is -1.88. The summed E-state index contributed by atoms with van der Waals surface area (Å²) < 4.78 is 13.0. The summed E-state index contributed by atoms with van der Waals surface area (Å²) in [6.45, 7) is 1.60. The summed E-state index contributed by atoms with van der Waals surface area (Å²) in [4.78, 5) is 3.65. The second-order valence-corrected chi connectivity index (χ2v) is 2.99. The monoisotopic (exact) mass is 223 g/mol. The van der Waals surface area contributed by atoms with Crippen molar-refractivity contribution >= 4 is 27.5 Å². The van der Waals surface area contributed by atoms with Gasteiger partial charge in [0.25, 0.3) is 0 Å². The second-order valence-electron chi connectivity index (χ2n) is 1.84. The number of hydrogen-bond acceptors (Lipinski definition) is 1. The fourth-order valence-electron chi connectivity index (χ4n) is 0.526. The fraction of sp³-hybridized carbons (Fsp3) is 0.167. The predicted octanol–water partition coefficient (Wildman–Crippen LogP) is 2.95. The van der Waals surface area contributed by atoms with E-state index in [0.717, 1.165) is 0 Å². The fourth-order valence-corrected chi connectivity index (χ4v) is 1.06. The average molecular weight is 224 g/mol. The van der Waals surface area contributed by atoms with Crippen LogP contribution in [0.5, 0.6) is 0 Å². The standard InChI is InChI=1S/C6H4BrClFN/c1-3-4(8)2-10-6(7)5(3)9/h2H,1H3. The minimum absolute atomic E-state index is 0.203. The van der Waals surface area contributed by atoms with E-state index in [-0.39, 0.29) is 4.60 Å². The Balaban J connectivity index is 3.34. The number of rotatable bonds is 0. The van der Waals surface area contributed by atoms with E-state index in [1.165, 1.54) is 6.20 Å². The maximum Gasteiger partial charge on any atom is 0.160 e. The lowest BCUT2D eigenvalue weighted by molar-refractivity contribution is 0.603. The van der Waals surface area contributed by atoms with Gasteiger partial charge in [0.05, 0.1) is 5.02 Å². The van der Waals surface area contributed by atoms with E-state index in [4.69, 9.17) is 11.6 Å². The Kier molecular flexibility index (Phi) is 2.26. The average Bonchev–Trinajstić information content (AvgIpc) is 1.93. The van der Waals surface area contributed by atoms with Crippen molar-refractivity contribution in [2.24, 2.45) is 0 Å². The van der Waals surface area contributed by atoms with Gasteiger partial charge in [0.1, 0.15) is 4.60 Å². The van der Waals surface area contributed by atoms with Crippen molar-refractivity contribution in [1.29, 1.82) is 0 Å². The molecule has 1 aromatic rings. The molecular formula is C6H4BrClFN. The molecular weight excluding hydrogens is 220 g/mol. The van der Waals surface area contributed by atoms with Crippen LogP contribution in [0.15, 0.2) is 10.8 Å². The molecule has 0 aliphatic rings. The molecule has 4 heteroatoms. The van der Waals surface area contributed by atoms with Crippen molar-refractivity contribution in [2.45, 2.75) is 6.92 Å². The quantitative estimate of drug-likeness (QED) is 0.618. The molecule has 0 radical (unpaired) electrons. The highest BCUT2D eigenvalue weighted by atomic mass is 79.9. The smallest absolute Gasteiger partial charge is 0.160 e. The Hall–Kier alpha value is -0.150. The van der Waals surface area contributed by atoms with Crippen LogP contribution in [0.1, 0.15) is 5.56 Å². The Morgan fingerprint density at radius 2 is 2.30 bits per heavy atom. The van der Waals surface area contributed by atoms with Gasteiger partial charge in [-0.2, -0.15) is 0 Å². The summed E-state index contributed by atoms with van der Waals surface area (Å²) in [6.07, 6.45) is 1.41. The number of nitrogens with zero attached hydrogens (tertiary/aromatic N) is 1. The van der Waals surface area contributed by atoms with Crippen LogP contribution in [0, 0.1) is 12.7 Å². The molecule has 0 spiro atoms. The summed E-state index contributed by atoms with van der Waals surface area (Å²) in [6, 6.07) is 0. The van der Waals surface area contributed by atoms with Crippen molar-refractivity contribution < 1.29 is 4.39 Å². The zero-order valence-corrected chi connectivity index (χ0v) is 7.50. The van der Waals surface area contributed by atoms with Crippen LogP contribution in [0.3, 0.4) is 0 Å². The third-order valence-electron chi connectivity index (χ3n) is 1.16. The van der Waals surface area contributed by atoms with Crippen LogP contribution in [-0.2, 0) is 0 Å². The van der Waals surface area contributed by atoms with E-state index in [0.29, 0.717) is 10.6 Å². The molecule has 1 aromatic heterocycles. The molecule has 0 bridgehead atoms. The normalized spacial score (nSPS) is 10.0. The molecule has 1 nitrogen and oxygen atoms in total.